The summed E-state index contributed by atoms with van der Waals surface area (Å²) in [5.74, 6) is -0.455. The van der Waals surface area contributed by atoms with Gasteiger partial charge in [0.05, 0.1) is 23.4 Å². The third kappa shape index (κ3) is 3.51. The van der Waals surface area contributed by atoms with Gasteiger partial charge in [-0.1, -0.05) is 12.1 Å². The van der Waals surface area contributed by atoms with E-state index in [1.54, 1.807) is 25.1 Å². The summed E-state index contributed by atoms with van der Waals surface area (Å²) in [4.78, 5) is 25.5. The van der Waals surface area contributed by atoms with Crippen molar-refractivity contribution >= 4 is 27.6 Å². The van der Waals surface area contributed by atoms with E-state index in [4.69, 9.17) is 9.15 Å². The Morgan fingerprint density at radius 1 is 1.20 bits per heavy atom. The molecule has 4 heterocycles. The van der Waals surface area contributed by atoms with E-state index in [1.807, 2.05) is 0 Å². The Bertz CT molecular complexity index is 1560. The van der Waals surface area contributed by atoms with E-state index in [-0.39, 0.29) is 28.6 Å². The molecule has 1 N–H and O–H groups in total. The molecule has 12 heteroatoms. The van der Waals surface area contributed by atoms with Crippen molar-refractivity contribution in [2.24, 2.45) is 7.05 Å². The number of aryl methyl sites for hydroxylation is 1. The molecule has 184 valence electrons. The van der Waals surface area contributed by atoms with Gasteiger partial charge in [-0.05, 0) is 13.0 Å². The zero-order chi connectivity index (χ0) is 25.1. The molecular formula is C23H20F4N4O4. The molecule has 5 rings (SSSR count). The van der Waals surface area contributed by atoms with Gasteiger partial charge in [0.1, 0.15) is 11.8 Å². The van der Waals surface area contributed by atoms with Crippen LogP contribution < -0.4 is 16.4 Å². The predicted octanol–water partition coefficient (Wildman–Crippen LogP) is 3.83. The number of fused-ring (bicyclic) bond motifs is 2. The number of rotatable bonds is 4. The van der Waals surface area contributed by atoms with E-state index in [2.05, 4.69) is 10.4 Å². The van der Waals surface area contributed by atoms with Crippen LogP contribution in [0.15, 0.2) is 50.7 Å². The van der Waals surface area contributed by atoms with Crippen molar-refractivity contribution in [3.05, 3.63) is 68.8 Å². The Labute approximate surface area is 194 Å². The Kier molecular flexibility index (Phi) is 5.24. The number of pyridine rings is 1. The summed E-state index contributed by atoms with van der Waals surface area (Å²) in [6.07, 6.45) is -3.21. The lowest BCUT2D eigenvalue weighted by Crippen LogP contribution is -2.52. The fraction of sp³-hybridized carbons (Fsp3) is 0.348. The number of hydrogen-bond acceptors (Lipinski definition) is 6. The number of hydrogen-bond donors (Lipinski definition) is 1. The van der Waals surface area contributed by atoms with Gasteiger partial charge in [-0.15, -0.1) is 0 Å². The lowest BCUT2D eigenvalue weighted by atomic mass is 9.96. The SMILES string of the molecule is C[C@@H](Nc1nn(C)c(=O)c2cc(=O)n([C@]3(C(F)(F)F)CCOC3)cc12)c1cccc2c(F)coc12. The van der Waals surface area contributed by atoms with Crippen molar-refractivity contribution in [3.8, 4) is 0 Å². The highest BCUT2D eigenvalue weighted by molar-refractivity contribution is 5.90. The van der Waals surface area contributed by atoms with Gasteiger partial charge in [0, 0.05) is 43.3 Å². The summed E-state index contributed by atoms with van der Waals surface area (Å²) in [6, 6.07) is 5.25. The Morgan fingerprint density at radius 2 is 1.97 bits per heavy atom. The minimum atomic E-state index is -4.77. The molecule has 8 nitrogen and oxygen atoms in total. The molecule has 1 aliphatic rings. The van der Waals surface area contributed by atoms with Crippen molar-refractivity contribution in [1.82, 2.24) is 14.3 Å². The Hall–Kier alpha value is -3.67. The fourth-order valence-corrected chi connectivity index (χ4v) is 4.54. The minimum absolute atomic E-state index is 0.0351. The third-order valence-corrected chi connectivity index (χ3v) is 6.48. The second kappa shape index (κ2) is 7.94. The molecule has 2 atom stereocenters. The molecule has 0 radical (unpaired) electrons. The summed E-state index contributed by atoms with van der Waals surface area (Å²) in [5, 5.41) is 7.50. The Morgan fingerprint density at radius 3 is 2.66 bits per heavy atom. The number of benzene rings is 1. The smallest absolute Gasteiger partial charge is 0.414 e. The first kappa shape index (κ1) is 23.1. The first-order chi connectivity index (χ1) is 16.5. The van der Waals surface area contributed by atoms with Gasteiger partial charge < -0.3 is 14.5 Å². The maximum absolute atomic E-state index is 14.1. The van der Waals surface area contributed by atoms with Gasteiger partial charge in [-0.2, -0.15) is 18.3 Å². The summed E-state index contributed by atoms with van der Waals surface area (Å²) >= 11 is 0. The van der Waals surface area contributed by atoms with Gasteiger partial charge >= 0.3 is 6.18 Å². The lowest BCUT2D eigenvalue weighted by Gasteiger charge is -2.32. The van der Waals surface area contributed by atoms with Crippen molar-refractivity contribution < 1.29 is 26.7 Å². The molecular weight excluding hydrogens is 472 g/mol. The van der Waals surface area contributed by atoms with Crippen LogP contribution in [0.25, 0.3) is 21.7 Å². The number of aromatic nitrogens is 3. The van der Waals surface area contributed by atoms with Crippen molar-refractivity contribution in [2.75, 3.05) is 18.5 Å². The van der Waals surface area contributed by atoms with Gasteiger partial charge in [0.15, 0.2) is 17.2 Å². The highest BCUT2D eigenvalue weighted by Crippen LogP contribution is 2.42. The van der Waals surface area contributed by atoms with Gasteiger partial charge in [0.2, 0.25) is 0 Å². The number of furan rings is 1. The summed E-state index contributed by atoms with van der Waals surface area (Å²) in [7, 11) is 1.37. The number of nitrogens with one attached hydrogen (secondary N) is 1. The van der Waals surface area contributed by atoms with E-state index in [9.17, 15) is 27.2 Å². The van der Waals surface area contributed by atoms with Gasteiger partial charge in [0.25, 0.3) is 11.1 Å². The highest BCUT2D eigenvalue weighted by Gasteiger charge is 2.59. The zero-order valence-corrected chi connectivity index (χ0v) is 18.6. The lowest BCUT2D eigenvalue weighted by molar-refractivity contribution is -0.214. The molecule has 1 saturated heterocycles. The number of nitrogens with zero attached hydrogens (tertiary/aromatic N) is 3. The first-order valence-corrected chi connectivity index (χ1v) is 10.7. The number of para-hydroxylation sites is 1. The summed E-state index contributed by atoms with van der Waals surface area (Å²) in [6.45, 7) is 0.849. The van der Waals surface area contributed by atoms with Crippen LogP contribution in [0.1, 0.15) is 24.9 Å². The van der Waals surface area contributed by atoms with Crippen LogP contribution in [0.5, 0.6) is 0 Å². The molecule has 0 aliphatic carbocycles. The van der Waals surface area contributed by atoms with E-state index < -0.39 is 47.7 Å². The fourth-order valence-electron chi connectivity index (χ4n) is 4.54. The molecule has 1 fully saturated rings. The first-order valence-electron chi connectivity index (χ1n) is 10.7. The average molecular weight is 492 g/mol. The predicted molar refractivity (Wildman–Crippen MR) is 119 cm³/mol. The average Bonchev–Trinajstić information content (AvgIpc) is 3.45. The second-order valence-electron chi connectivity index (χ2n) is 8.59. The molecule has 4 aromatic rings. The van der Waals surface area contributed by atoms with Gasteiger partial charge in [-0.3, -0.25) is 14.2 Å². The molecule has 3 aromatic heterocycles. The number of alkyl halides is 3. The van der Waals surface area contributed by atoms with Crippen molar-refractivity contribution in [3.63, 3.8) is 0 Å². The maximum atomic E-state index is 14.1. The Balaban J connectivity index is 1.68. The van der Waals surface area contributed by atoms with E-state index in [1.165, 1.54) is 7.05 Å². The summed E-state index contributed by atoms with van der Waals surface area (Å²) < 4.78 is 68.3. The topological polar surface area (TPSA) is 91.3 Å². The minimum Gasteiger partial charge on any atom is -0.461 e. The number of anilines is 1. The number of halogens is 4. The molecule has 0 bridgehead atoms. The number of ether oxygens (including phenoxy) is 1. The van der Waals surface area contributed by atoms with Crippen LogP contribution in [0.2, 0.25) is 0 Å². The molecule has 1 aliphatic heterocycles. The van der Waals surface area contributed by atoms with Crippen LogP contribution >= 0.6 is 0 Å². The largest absolute Gasteiger partial charge is 0.461 e. The van der Waals surface area contributed by atoms with Crippen LogP contribution in [0.4, 0.5) is 23.4 Å². The van der Waals surface area contributed by atoms with Crippen molar-refractivity contribution in [2.45, 2.75) is 31.1 Å². The standard InChI is InChI=1S/C23H20F4N4O4/c1-12(13-4-3-5-14-17(24)10-35-19(13)14)28-20-16-9-31(22(23(25,26)27)6-7-34-11-22)18(32)8-15(16)21(33)30(2)29-20/h3-5,8-10,12H,6-7,11H2,1-2H3,(H,28,29)/t12-,22-/m1/s1. The zero-order valence-electron chi connectivity index (χ0n) is 18.6. The van der Waals surface area contributed by atoms with E-state index >= 15 is 0 Å². The van der Waals surface area contributed by atoms with Crippen LogP contribution in [0, 0.1) is 5.82 Å². The highest BCUT2D eigenvalue weighted by atomic mass is 19.4. The molecule has 0 amide bonds. The monoisotopic (exact) mass is 492 g/mol. The molecule has 35 heavy (non-hydrogen) atoms. The molecule has 1 aromatic carbocycles. The summed E-state index contributed by atoms with van der Waals surface area (Å²) in [5.41, 5.74) is -3.30. The van der Waals surface area contributed by atoms with Gasteiger partial charge in [-0.25, -0.2) is 9.07 Å². The maximum Gasteiger partial charge on any atom is 0.414 e. The molecule has 0 spiro atoms. The van der Waals surface area contributed by atoms with E-state index in [0.717, 1.165) is 23.2 Å². The van der Waals surface area contributed by atoms with Crippen LogP contribution in [0.3, 0.4) is 0 Å². The van der Waals surface area contributed by atoms with E-state index in [0.29, 0.717) is 15.7 Å². The second-order valence-corrected chi connectivity index (χ2v) is 8.59. The molecule has 0 saturated carbocycles. The van der Waals surface area contributed by atoms with Crippen molar-refractivity contribution in [1.29, 1.82) is 0 Å². The van der Waals surface area contributed by atoms with Crippen LogP contribution in [-0.2, 0) is 17.3 Å². The molecule has 0 unspecified atom stereocenters. The van der Waals surface area contributed by atoms with Crippen LogP contribution in [-0.4, -0.2) is 33.7 Å². The normalized spacial score (nSPS) is 19.5. The quantitative estimate of drug-likeness (QED) is 0.436. The third-order valence-electron chi connectivity index (χ3n) is 6.48.